The molecular formula is C17H18N4O3. The van der Waals surface area contributed by atoms with Gasteiger partial charge in [-0.3, -0.25) is 14.5 Å². The molecule has 2 aromatic heterocycles. The molecule has 0 radical (unpaired) electrons. The van der Waals surface area contributed by atoms with Gasteiger partial charge in [0.25, 0.3) is 5.91 Å². The van der Waals surface area contributed by atoms with Crippen LogP contribution >= 0.6 is 0 Å². The molecule has 0 aromatic carbocycles. The number of aromatic nitrogens is 3. The third-order valence-electron chi connectivity index (χ3n) is 4.73. The van der Waals surface area contributed by atoms with Crippen LogP contribution in [0.25, 0.3) is 0 Å². The van der Waals surface area contributed by atoms with Crippen molar-refractivity contribution in [2.45, 2.75) is 38.8 Å². The molecule has 0 bridgehead atoms. The fourth-order valence-electron chi connectivity index (χ4n) is 3.29. The lowest BCUT2D eigenvalue weighted by atomic mass is 10.1. The summed E-state index contributed by atoms with van der Waals surface area (Å²) in [5, 5.41) is 13.6. The second-order valence-electron chi connectivity index (χ2n) is 6.39. The van der Waals surface area contributed by atoms with Gasteiger partial charge in [0.2, 0.25) is 0 Å². The van der Waals surface area contributed by atoms with E-state index in [0.717, 1.165) is 24.1 Å². The molecule has 1 saturated carbocycles. The van der Waals surface area contributed by atoms with E-state index in [9.17, 15) is 14.7 Å². The normalized spacial score (nSPS) is 17.0. The lowest BCUT2D eigenvalue weighted by Gasteiger charge is -2.28. The molecule has 4 rings (SSSR count). The number of aromatic carboxylic acids is 1. The molecule has 7 nitrogen and oxygen atoms in total. The van der Waals surface area contributed by atoms with Crippen molar-refractivity contribution in [3.63, 3.8) is 0 Å². The Morgan fingerprint density at radius 2 is 2.17 bits per heavy atom. The fourth-order valence-corrected chi connectivity index (χ4v) is 3.29. The average Bonchev–Trinajstić information content (AvgIpc) is 3.31. The minimum Gasteiger partial charge on any atom is -0.476 e. The highest BCUT2D eigenvalue weighted by atomic mass is 16.4. The minimum atomic E-state index is -1.05. The SMILES string of the molecule is Cc1ncccc1CN1CCn2nc(C(=O)O)c(C3CC3)c2C1=O. The van der Waals surface area contributed by atoms with Gasteiger partial charge in [0.1, 0.15) is 5.69 Å². The molecule has 3 heterocycles. The molecule has 24 heavy (non-hydrogen) atoms. The highest BCUT2D eigenvalue weighted by molar-refractivity contribution is 5.99. The van der Waals surface area contributed by atoms with Crippen LogP contribution in [0.3, 0.4) is 0 Å². The second-order valence-corrected chi connectivity index (χ2v) is 6.39. The zero-order valence-corrected chi connectivity index (χ0v) is 13.4. The van der Waals surface area contributed by atoms with Crippen LogP contribution in [0.5, 0.6) is 0 Å². The summed E-state index contributed by atoms with van der Waals surface area (Å²) in [6, 6.07) is 3.82. The summed E-state index contributed by atoms with van der Waals surface area (Å²) in [5.74, 6) is -1.03. The summed E-state index contributed by atoms with van der Waals surface area (Å²) in [7, 11) is 0. The van der Waals surface area contributed by atoms with Crippen LogP contribution in [-0.4, -0.2) is 43.2 Å². The van der Waals surface area contributed by atoms with Gasteiger partial charge in [0.05, 0.1) is 6.54 Å². The van der Waals surface area contributed by atoms with Crippen LogP contribution in [0.1, 0.15) is 56.6 Å². The van der Waals surface area contributed by atoms with Gasteiger partial charge in [-0.15, -0.1) is 0 Å². The van der Waals surface area contributed by atoms with Crippen LogP contribution in [-0.2, 0) is 13.1 Å². The smallest absolute Gasteiger partial charge is 0.356 e. The van der Waals surface area contributed by atoms with Gasteiger partial charge in [-0.05, 0) is 37.3 Å². The molecule has 1 aliphatic carbocycles. The van der Waals surface area contributed by atoms with Crippen molar-refractivity contribution in [1.29, 1.82) is 0 Å². The van der Waals surface area contributed by atoms with E-state index in [1.807, 2.05) is 19.1 Å². The van der Waals surface area contributed by atoms with Crippen molar-refractivity contribution in [3.8, 4) is 0 Å². The number of pyridine rings is 1. The first-order valence-corrected chi connectivity index (χ1v) is 8.10. The van der Waals surface area contributed by atoms with Crippen LogP contribution in [0.15, 0.2) is 18.3 Å². The Labute approximate surface area is 138 Å². The number of aryl methyl sites for hydroxylation is 1. The maximum atomic E-state index is 13.0. The summed E-state index contributed by atoms with van der Waals surface area (Å²) in [6.07, 6.45) is 3.58. The number of carbonyl (C=O) groups is 2. The Bertz CT molecular complexity index is 838. The summed E-state index contributed by atoms with van der Waals surface area (Å²) < 4.78 is 1.58. The van der Waals surface area contributed by atoms with Gasteiger partial charge >= 0.3 is 5.97 Å². The van der Waals surface area contributed by atoms with E-state index in [1.54, 1.807) is 15.8 Å². The predicted octanol–water partition coefficient (Wildman–Crippen LogP) is 1.82. The molecule has 0 spiro atoms. The standard InChI is InChI=1S/C17H18N4O3/c1-10-12(3-2-6-18-10)9-20-7-8-21-15(16(20)22)13(11-4-5-11)14(19-21)17(23)24/h2-3,6,11H,4-5,7-9H2,1H3,(H,23,24). The van der Waals surface area contributed by atoms with E-state index < -0.39 is 5.97 Å². The Hall–Kier alpha value is -2.70. The topological polar surface area (TPSA) is 88.3 Å². The van der Waals surface area contributed by atoms with Crippen LogP contribution in [0.4, 0.5) is 0 Å². The summed E-state index contributed by atoms with van der Waals surface area (Å²) in [4.78, 5) is 30.5. The molecular weight excluding hydrogens is 308 g/mol. The molecule has 7 heteroatoms. The number of rotatable bonds is 4. The Morgan fingerprint density at radius 3 is 2.83 bits per heavy atom. The number of amides is 1. The monoisotopic (exact) mass is 326 g/mol. The highest BCUT2D eigenvalue weighted by Crippen LogP contribution is 2.44. The number of carboxylic acids is 1. The fraction of sp³-hybridized carbons (Fsp3) is 0.412. The Balaban J connectivity index is 1.69. The van der Waals surface area contributed by atoms with Gasteiger partial charge in [0, 0.05) is 30.5 Å². The van der Waals surface area contributed by atoms with Crippen molar-refractivity contribution in [1.82, 2.24) is 19.7 Å². The van der Waals surface area contributed by atoms with E-state index >= 15 is 0 Å². The molecule has 1 aliphatic heterocycles. The highest BCUT2D eigenvalue weighted by Gasteiger charge is 2.40. The molecule has 1 fully saturated rings. The van der Waals surface area contributed by atoms with E-state index in [0.29, 0.717) is 30.9 Å². The first-order valence-electron chi connectivity index (χ1n) is 8.10. The van der Waals surface area contributed by atoms with Gasteiger partial charge in [0.15, 0.2) is 5.69 Å². The van der Waals surface area contributed by atoms with E-state index in [4.69, 9.17) is 0 Å². The number of nitrogens with zero attached hydrogens (tertiary/aromatic N) is 4. The minimum absolute atomic E-state index is 0.0419. The number of hydrogen-bond donors (Lipinski definition) is 1. The Kier molecular flexibility index (Phi) is 3.37. The first-order chi connectivity index (χ1) is 11.6. The summed E-state index contributed by atoms with van der Waals surface area (Å²) in [5.41, 5.74) is 3.03. The zero-order valence-electron chi connectivity index (χ0n) is 13.4. The molecule has 1 N–H and O–H groups in total. The number of carboxylic acid groups (broad SMARTS) is 1. The Morgan fingerprint density at radius 1 is 1.38 bits per heavy atom. The molecule has 2 aromatic rings. The maximum absolute atomic E-state index is 13.0. The maximum Gasteiger partial charge on any atom is 0.356 e. The summed E-state index contributed by atoms with van der Waals surface area (Å²) >= 11 is 0. The average molecular weight is 326 g/mol. The lowest BCUT2D eigenvalue weighted by Crippen LogP contribution is -2.40. The van der Waals surface area contributed by atoms with Crippen molar-refractivity contribution >= 4 is 11.9 Å². The van der Waals surface area contributed by atoms with Crippen LogP contribution in [0.2, 0.25) is 0 Å². The van der Waals surface area contributed by atoms with E-state index in [2.05, 4.69) is 10.1 Å². The first kappa shape index (κ1) is 14.9. The second kappa shape index (κ2) is 5.43. The van der Waals surface area contributed by atoms with E-state index in [-0.39, 0.29) is 17.5 Å². The van der Waals surface area contributed by atoms with Crippen molar-refractivity contribution < 1.29 is 14.7 Å². The van der Waals surface area contributed by atoms with E-state index in [1.165, 1.54) is 0 Å². The third-order valence-corrected chi connectivity index (χ3v) is 4.73. The van der Waals surface area contributed by atoms with Gasteiger partial charge in [-0.1, -0.05) is 6.07 Å². The van der Waals surface area contributed by atoms with Crippen LogP contribution in [0, 0.1) is 6.92 Å². The largest absolute Gasteiger partial charge is 0.476 e. The van der Waals surface area contributed by atoms with Gasteiger partial charge in [-0.25, -0.2) is 4.79 Å². The molecule has 0 saturated heterocycles. The van der Waals surface area contributed by atoms with Crippen molar-refractivity contribution in [3.05, 3.63) is 46.5 Å². The molecule has 124 valence electrons. The van der Waals surface area contributed by atoms with Crippen molar-refractivity contribution in [2.24, 2.45) is 0 Å². The number of fused-ring (bicyclic) bond motifs is 1. The summed E-state index contributed by atoms with van der Waals surface area (Å²) in [6.45, 7) is 3.45. The molecule has 2 aliphatic rings. The zero-order chi connectivity index (χ0) is 16.8. The van der Waals surface area contributed by atoms with Crippen LogP contribution < -0.4 is 0 Å². The lowest BCUT2D eigenvalue weighted by molar-refractivity contribution is 0.0670. The van der Waals surface area contributed by atoms with Crippen molar-refractivity contribution in [2.75, 3.05) is 6.54 Å². The molecule has 0 atom stereocenters. The quantitative estimate of drug-likeness (QED) is 0.926. The molecule has 0 unspecified atom stereocenters. The van der Waals surface area contributed by atoms with Gasteiger partial charge < -0.3 is 10.0 Å². The molecule has 1 amide bonds. The predicted molar refractivity (Wildman–Crippen MR) is 84.9 cm³/mol. The number of hydrogen-bond acceptors (Lipinski definition) is 4. The third kappa shape index (κ3) is 2.36. The number of carbonyl (C=O) groups excluding carboxylic acids is 1. The van der Waals surface area contributed by atoms with Gasteiger partial charge in [-0.2, -0.15) is 5.10 Å².